The Morgan fingerprint density at radius 1 is 1.12 bits per heavy atom. The third-order valence-electron chi connectivity index (χ3n) is 4.03. The number of rotatable bonds is 4. The van der Waals surface area contributed by atoms with Crippen molar-refractivity contribution in [1.29, 1.82) is 0 Å². The molecule has 6 nitrogen and oxygen atoms in total. The van der Waals surface area contributed by atoms with Gasteiger partial charge in [-0.3, -0.25) is 4.28 Å². The lowest BCUT2D eigenvalue weighted by atomic mass is 9.92. The minimum absolute atomic E-state index is 0.0636. The highest BCUT2D eigenvalue weighted by molar-refractivity contribution is 7.86. The normalized spacial score (nSPS) is 17.3. The van der Waals surface area contributed by atoms with Crippen molar-refractivity contribution in [2.45, 2.75) is 37.7 Å². The molecular weight excluding hydrogens is 354 g/mol. The first-order valence-electron chi connectivity index (χ1n) is 8.15. The van der Waals surface area contributed by atoms with Gasteiger partial charge in [0.1, 0.15) is 22.0 Å². The van der Waals surface area contributed by atoms with E-state index in [0.29, 0.717) is 29.2 Å². The van der Waals surface area contributed by atoms with E-state index in [0.717, 1.165) is 5.56 Å². The van der Waals surface area contributed by atoms with Crippen molar-refractivity contribution < 1.29 is 22.2 Å². The van der Waals surface area contributed by atoms with Gasteiger partial charge in [0.25, 0.3) is 0 Å². The van der Waals surface area contributed by atoms with Crippen LogP contribution in [0, 0.1) is 6.92 Å². The molecule has 0 fully saturated rings. The molecule has 26 heavy (non-hydrogen) atoms. The Hall–Kier alpha value is -2.54. The maximum atomic E-state index is 12.4. The summed E-state index contributed by atoms with van der Waals surface area (Å²) in [4.78, 5) is 0.0636. The Bertz CT molecular complexity index is 946. The molecule has 3 rings (SSSR count). The molecule has 0 amide bonds. The second-order valence-corrected chi connectivity index (χ2v) is 8.31. The fourth-order valence-corrected chi connectivity index (χ4v) is 3.45. The van der Waals surface area contributed by atoms with Crippen molar-refractivity contribution in [3.63, 3.8) is 0 Å². The molecule has 0 atom stereocenters. The molecule has 1 aliphatic rings. The number of fused-ring (bicyclic) bond motifs is 1. The maximum absolute atomic E-state index is 12.4. The van der Waals surface area contributed by atoms with Gasteiger partial charge in [-0.15, -0.1) is 0 Å². The molecule has 0 radical (unpaired) electrons. The Morgan fingerprint density at radius 3 is 2.46 bits per heavy atom. The highest BCUT2D eigenvalue weighted by atomic mass is 32.2. The van der Waals surface area contributed by atoms with E-state index in [1.54, 1.807) is 37.4 Å². The number of oxime groups is 1. The average molecular weight is 375 g/mol. The molecule has 2 aromatic rings. The Balaban J connectivity index is 1.94. The lowest BCUT2D eigenvalue weighted by molar-refractivity contribution is 0.109. The van der Waals surface area contributed by atoms with Gasteiger partial charge in [-0.1, -0.05) is 22.9 Å². The van der Waals surface area contributed by atoms with Crippen LogP contribution < -0.4 is 9.47 Å². The minimum atomic E-state index is -3.98. The first kappa shape index (κ1) is 18.3. The van der Waals surface area contributed by atoms with E-state index in [2.05, 4.69) is 5.16 Å². The van der Waals surface area contributed by atoms with Crippen LogP contribution in [0.2, 0.25) is 0 Å². The van der Waals surface area contributed by atoms with Gasteiger partial charge < -0.3 is 9.47 Å². The number of hydrogen-bond donors (Lipinski definition) is 0. The Morgan fingerprint density at radius 2 is 1.81 bits per heavy atom. The van der Waals surface area contributed by atoms with E-state index in [4.69, 9.17) is 13.8 Å². The number of aryl methyl sites for hydroxylation is 1. The Kier molecular flexibility index (Phi) is 4.66. The summed E-state index contributed by atoms with van der Waals surface area (Å²) in [5.74, 6) is 1.23. The summed E-state index contributed by atoms with van der Waals surface area (Å²) in [7, 11) is -2.41. The predicted molar refractivity (Wildman–Crippen MR) is 98.3 cm³/mol. The van der Waals surface area contributed by atoms with Crippen molar-refractivity contribution in [3.05, 3.63) is 53.6 Å². The fourth-order valence-electron chi connectivity index (χ4n) is 2.71. The topological polar surface area (TPSA) is 74.2 Å². The van der Waals surface area contributed by atoms with Gasteiger partial charge in [0.05, 0.1) is 12.8 Å². The molecule has 1 heterocycles. The van der Waals surface area contributed by atoms with E-state index in [1.807, 2.05) is 20.8 Å². The van der Waals surface area contributed by atoms with Crippen LogP contribution in [0.5, 0.6) is 11.5 Å². The van der Waals surface area contributed by atoms with E-state index in [9.17, 15) is 8.42 Å². The van der Waals surface area contributed by atoms with Crippen molar-refractivity contribution in [3.8, 4) is 11.5 Å². The summed E-state index contributed by atoms with van der Waals surface area (Å²) in [6, 6.07) is 11.7. The van der Waals surface area contributed by atoms with Gasteiger partial charge >= 0.3 is 10.1 Å². The molecule has 0 unspecified atom stereocenters. The van der Waals surface area contributed by atoms with E-state index in [1.165, 1.54) is 12.1 Å². The van der Waals surface area contributed by atoms with Crippen LogP contribution in [-0.2, 0) is 14.4 Å². The minimum Gasteiger partial charge on any atom is -0.497 e. The van der Waals surface area contributed by atoms with Gasteiger partial charge in [-0.05, 0) is 45.0 Å². The van der Waals surface area contributed by atoms with Crippen molar-refractivity contribution in [2.24, 2.45) is 5.16 Å². The summed E-state index contributed by atoms with van der Waals surface area (Å²) >= 11 is 0. The lowest BCUT2D eigenvalue weighted by Crippen LogP contribution is -2.36. The van der Waals surface area contributed by atoms with Crippen molar-refractivity contribution in [2.75, 3.05) is 7.11 Å². The maximum Gasteiger partial charge on any atom is 0.358 e. The van der Waals surface area contributed by atoms with E-state index >= 15 is 0 Å². The third-order valence-corrected chi connectivity index (χ3v) is 5.15. The molecule has 0 spiro atoms. The zero-order valence-electron chi connectivity index (χ0n) is 15.1. The zero-order valence-corrected chi connectivity index (χ0v) is 16.0. The summed E-state index contributed by atoms with van der Waals surface area (Å²) in [5, 5.41) is 3.95. The number of benzene rings is 2. The number of ether oxygens (including phenoxy) is 2. The van der Waals surface area contributed by atoms with Crippen molar-refractivity contribution in [1.82, 2.24) is 0 Å². The zero-order chi connectivity index (χ0) is 18.9. The van der Waals surface area contributed by atoms with Gasteiger partial charge in [-0.2, -0.15) is 8.42 Å². The van der Waals surface area contributed by atoms with Gasteiger partial charge in [0, 0.05) is 18.1 Å². The summed E-state index contributed by atoms with van der Waals surface area (Å²) in [5.41, 5.74) is 1.61. The number of nitrogens with zero attached hydrogens (tertiary/aromatic N) is 1. The number of methoxy groups -OCH3 is 1. The average Bonchev–Trinajstić information content (AvgIpc) is 2.58. The second-order valence-electron chi connectivity index (χ2n) is 6.78. The quantitative estimate of drug-likeness (QED) is 0.762. The fraction of sp³-hybridized carbons (Fsp3) is 0.316. The molecular formula is C19H21NO5S. The predicted octanol–water partition coefficient (Wildman–Crippen LogP) is 3.67. The highest BCUT2D eigenvalue weighted by Gasteiger charge is 2.32. The first-order valence-corrected chi connectivity index (χ1v) is 9.56. The molecule has 0 aromatic heterocycles. The molecule has 1 aliphatic heterocycles. The molecule has 0 aliphatic carbocycles. The second kappa shape index (κ2) is 6.64. The standard InChI is InChI=1S/C19H21NO5S/c1-13-5-8-15(9-6-13)26(21,22)25-20-17-12-19(2,3)24-18-11-14(23-4)7-10-16(17)18/h5-11H,12H2,1-4H3/b20-17-. The molecule has 2 aromatic carbocycles. The third kappa shape index (κ3) is 3.83. The van der Waals surface area contributed by atoms with Crippen LogP contribution in [0.4, 0.5) is 0 Å². The molecule has 0 saturated heterocycles. The number of hydrogen-bond acceptors (Lipinski definition) is 6. The molecule has 7 heteroatoms. The van der Waals surface area contributed by atoms with Gasteiger partial charge in [-0.25, -0.2) is 0 Å². The molecule has 0 bridgehead atoms. The summed E-state index contributed by atoms with van der Waals surface area (Å²) < 4.78 is 40.9. The SMILES string of the molecule is COc1ccc2c(c1)OC(C)(C)C/C2=N/OS(=O)(=O)c1ccc(C)cc1. The largest absolute Gasteiger partial charge is 0.497 e. The summed E-state index contributed by atoms with van der Waals surface area (Å²) in [6.07, 6.45) is 0.412. The van der Waals surface area contributed by atoms with Gasteiger partial charge in [0.15, 0.2) is 0 Å². The van der Waals surface area contributed by atoms with Crippen LogP contribution in [0.25, 0.3) is 0 Å². The van der Waals surface area contributed by atoms with Crippen LogP contribution in [0.3, 0.4) is 0 Å². The van der Waals surface area contributed by atoms with Crippen LogP contribution in [-0.4, -0.2) is 26.8 Å². The molecule has 0 N–H and O–H groups in total. The van der Waals surface area contributed by atoms with Crippen LogP contribution in [0.15, 0.2) is 52.5 Å². The van der Waals surface area contributed by atoms with Crippen molar-refractivity contribution >= 4 is 15.8 Å². The van der Waals surface area contributed by atoms with Crippen LogP contribution in [0.1, 0.15) is 31.4 Å². The van der Waals surface area contributed by atoms with E-state index in [-0.39, 0.29) is 4.90 Å². The lowest BCUT2D eigenvalue weighted by Gasteiger charge is -2.33. The van der Waals surface area contributed by atoms with Gasteiger partial charge in [0.2, 0.25) is 0 Å². The highest BCUT2D eigenvalue weighted by Crippen LogP contribution is 2.36. The monoisotopic (exact) mass is 375 g/mol. The molecule has 138 valence electrons. The Labute approximate surface area is 153 Å². The first-order chi connectivity index (χ1) is 12.2. The van der Waals surface area contributed by atoms with Crippen LogP contribution >= 0.6 is 0 Å². The summed E-state index contributed by atoms with van der Waals surface area (Å²) in [6.45, 7) is 5.69. The van der Waals surface area contributed by atoms with E-state index < -0.39 is 15.7 Å². The molecule has 0 saturated carbocycles. The smallest absolute Gasteiger partial charge is 0.358 e.